The van der Waals surface area contributed by atoms with Crippen LogP contribution in [0.2, 0.25) is 0 Å². The normalized spacial score (nSPS) is 28.3. The van der Waals surface area contributed by atoms with Crippen molar-refractivity contribution in [2.75, 3.05) is 13.2 Å². The summed E-state index contributed by atoms with van der Waals surface area (Å²) in [5.41, 5.74) is 0. The van der Waals surface area contributed by atoms with E-state index in [0.717, 1.165) is 6.54 Å². The van der Waals surface area contributed by atoms with Crippen molar-refractivity contribution in [3.05, 3.63) is 12.2 Å². The molecule has 6 heteroatoms. The molecule has 0 bridgehead atoms. The van der Waals surface area contributed by atoms with E-state index in [9.17, 15) is 14.7 Å². The lowest BCUT2D eigenvalue weighted by Gasteiger charge is -2.31. The predicted molar refractivity (Wildman–Crippen MR) is 86.7 cm³/mol. The van der Waals surface area contributed by atoms with Gasteiger partial charge in [0.05, 0.1) is 25.2 Å². The fourth-order valence-corrected chi connectivity index (χ4v) is 3.27. The van der Waals surface area contributed by atoms with E-state index in [1.165, 1.54) is 39.0 Å². The van der Waals surface area contributed by atoms with Crippen molar-refractivity contribution in [3.63, 3.8) is 0 Å². The van der Waals surface area contributed by atoms with E-state index >= 15 is 0 Å². The number of aliphatic hydroxyl groups excluding tert-OH is 1. The van der Waals surface area contributed by atoms with Crippen LogP contribution < -0.4 is 10.6 Å². The molecule has 0 aromatic carbocycles. The van der Waals surface area contributed by atoms with Crippen LogP contribution in [-0.4, -0.2) is 48.3 Å². The molecule has 2 rings (SSSR count). The molecule has 2 amide bonds. The number of rotatable bonds is 6. The second-order valence-electron chi connectivity index (χ2n) is 6.52. The van der Waals surface area contributed by atoms with Crippen molar-refractivity contribution in [1.29, 1.82) is 0 Å². The van der Waals surface area contributed by atoms with Crippen molar-refractivity contribution in [1.82, 2.24) is 10.6 Å². The van der Waals surface area contributed by atoms with E-state index in [1.807, 2.05) is 0 Å². The van der Waals surface area contributed by atoms with Crippen LogP contribution in [0.5, 0.6) is 0 Å². The lowest BCUT2D eigenvalue weighted by atomic mass is 9.89. The number of nitrogens with one attached hydrogen (secondary N) is 2. The minimum absolute atomic E-state index is 0.0279. The summed E-state index contributed by atoms with van der Waals surface area (Å²) in [6.07, 6.45) is 9.18. The molecular formula is C17H28N2O4. The first-order chi connectivity index (χ1) is 11.1. The summed E-state index contributed by atoms with van der Waals surface area (Å²) in [5, 5.41) is 15.1. The van der Waals surface area contributed by atoms with Crippen LogP contribution in [0.1, 0.15) is 45.4 Å². The SMILES string of the molecule is CC(=O)N[C@H]1C=C[C@H](CC(=O)NCC2CCCCC2)O[C@@H]1CO. The lowest BCUT2D eigenvalue weighted by molar-refractivity contribution is -0.127. The standard InChI is InChI=1S/C17H28N2O4/c1-12(21)19-15-8-7-14(23-16(15)11-20)9-17(22)18-10-13-5-3-2-4-6-13/h7-8,13-16,20H,2-6,9-11H2,1H3,(H,18,22)(H,19,21)/t14-,15+,16-/m1/s1. The molecule has 1 aliphatic heterocycles. The number of hydrogen-bond acceptors (Lipinski definition) is 4. The van der Waals surface area contributed by atoms with Gasteiger partial charge in [0, 0.05) is 13.5 Å². The fraction of sp³-hybridized carbons (Fsp3) is 0.765. The third-order valence-corrected chi connectivity index (χ3v) is 4.53. The number of carbonyl (C=O) groups excluding carboxylic acids is 2. The van der Waals surface area contributed by atoms with Gasteiger partial charge in [0.2, 0.25) is 11.8 Å². The molecule has 0 unspecified atom stereocenters. The number of amides is 2. The van der Waals surface area contributed by atoms with Crippen LogP contribution >= 0.6 is 0 Å². The second kappa shape index (κ2) is 9.03. The van der Waals surface area contributed by atoms with Crippen molar-refractivity contribution in [3.8, 4) is 0 Å². The maximum Gasteiger partial charge on any atom is 0.222 e. The zero-order valence-corrected chi connectivity index (χ0v) is 13.8. The molecule has 1 heterocycles. The largest absolute Gasteiger partial charge is 0.394 e. The smallest absolute Gasteiger partial charge is 0.222 e. The van der Waals surface area contributed by atoms with Crippen LogP contribution in [0.25, 0.3) is 0 Å². The van der Waals surface area contributed by atoms with Gasteiger partial charge in [-0.15, -0.1) is 0 Å². The average Bonchev–Trinajstić information content (AvgIpc) is 2.55. The predicted octanol–water partition coefficient (Wildman–Crippen LogP) is 0.894. The Labute approximate surface area is 137 Å². The topological polar surface area (TPSA) is 87.7 Å². The summed E-state index contributed by atoms with van der Waals surface area (Å²) in [6, 6.07) is -0.348. The van der Waals surface area contributed by atoms with Crippen LogP contribution in [0.3, 0.4) is 0 Å². The first-order valence-electron chi connectivity index (χ1n) is 8.57. The fourth-order valence-electron chi connectivity index (χ4n) is 3.27. The summed E-state index contributed by atoms with van der Waals surface area (Å²) in [5.74, 6) is 0.398. The molecule has 0 spiro atoms. The summed E-state index contributed by atoms with van der Waals surface area (Å²) in [6.45, 7) is 1.97. The molecule has 6 nitrogen and oxygen atoms in total. The van der Waals surface area contributed by atoms with Crippen molar-refractivity contribution < 1.29 is 19.4 Å². The van der Waals surface area contributed by atoms with E-state index in [-0.39, 0.29) is 37.0 Å². The van der Waals surface area contributed by atoms with Gasteiger partial charge in [0.25, 0.3) is 0 Å². The highest BCUT2D eigenvalue weighted by molar-refractivity contribution is 5.76. The van der Waals surface area contributed by atoms with Gasteiger partial charge in [-0.25, -0.2) is 0 Å². The zero-order chi connectivity index (χ0) is 16.7. The number of aliphatic hydroxyl groups is 1. The maximum atomic E-state index is 12.1. The van der Waals surface area contributed by atoms with Gasteiger partial charge in [-0.1, -0.05) is 31.4 Å². The van der Waals surface area contributed by atoms with Gasteiger partial charge < -0.3 is 20.5 Å². The zero-order valence-electron chi connectivity index (χ0n) is 13.8. The Hall–Kier alpha value is -1.40. The van der Waals surface area contributed by atoms with E-state index in [0.29, 0.717) is 5.92 Å². The Morgan fingerprint density at radius 1 is 1.22 bits per heavy atom. The molecule has 0 aromatic rings. The summed E-state index contributed by atoms with van der Waals surface area (Å²) >= 11 is 0. The molecule has 2 aliphatic rings. The Bertz CT molecular complexity index is 432. The number of ether oxygens (including phenoxy) is 1. The number of carbonyl (C=O) groups is 2. The molecule has 0 radical (unpaired) electrons. The summed E-state index contributed by atoms with van der Waals surface area (Å²) in [4.78, 5) is 23.2. The highest BCUT2D eigenvalue weighted by Gasteiger charge is 2.28. The van der Waals surface area contributed by atoms with E-state index in [1.54, 1.807) is 12.2 Å². The quantitative estimate of drug-likeness (QED) is 0.633. The van der Waals surface area contributed by atoms with Crippen molar-refractivity contribution in [2.45, 2.75) is 63.7 Å². The Morgan fingerprint density at radius 2 is 1.96 bits per heavy atom. The molecule has 1 aliphatic carbocycles. The van der Waals surface area contributed by atoms with Gasteiger partial charge in [0.1, 0.15) is 6.10 Å². The molecule has 3 N–H and O–H groups in total. The van der Waals surface area contributed by atoms with E-state index in [2.05, 4.69) is 10.6 Å². The molecule has 0 saturated heterocycles. The Kier molecular flexibility index (Phi) is 7.05. The second-order valence-corrected chi connectivity index (χ2v) is 6.52. The van der Waals surface area contributed by atoms with Gasteiger partial charge in [0.15, 0.2) is 0 Å². The average molecular weight is 324 g/mol. The van der Waals surface area contributed by atoms with Crippen LogP contribution in [-0.2, 0) is 14.3 Å². The molecule has 1 fully saturated rings. The van der Waals surface area contributed by atoms with Gasteiger partial charge >= 0.3 is 0 Å². The third-order valence-electron chi connectivity index (χ3n) is 4.53. The molecule has 1 saturated carbocycles. The van der Waals surface area contributed by atoms with Gasteiger partial charge in [-0.2, -0.15) is 0 Å². The van der Waals surface area contributed by atoms with Crippen LogP contribution in [0, 0.1) is 5.92 Å². The van der Waals surface area contributed by atoms with Crippen LogP contribution in [0.15, 0.2) is 12.2 Å². The minimum atomic E-state index is -0.514. The summed E-state index contributed by atoms with van der Waals surface area (Å²) < 4.78 is 5.70. The molecule has 3 atom stereocenters. The molecule has 23 heavy (non-hydrogen) atoms. The van der Waals surface area contributed by atoms with E-state index < -0.39 is 6.10 Å². The van der Waals surface area contributed by atoms with Gasteiger partial charge in [-0.3, -0.25) is 9.59 Å². The van der Waals surface area contributed by atoms with Crippen molar-refractivity contribution in [2.24, 2.45) is 5.92 Å². The monoisotopic (exact) mass is 324 g/mol. The molecule has 130 valence electrons. The molecular weight excluding hydrogens is 296 g/mol. The maximum absolute atomic E-state index is 12.1. The van der Waals surface area contributed by atoms with Gasteiger partial charge in [-0.05, 0) is 18.8 Å². The molecule has 0 aromatic heterocycles. The first kappa shape index (κ1) is 17.9. The van der Waals surface area contributed by atoms with Crippen molar-refractivity contribution >= 4 is 11.8 Å². The minimum Gasteiger partial charge on any atom is -0.394 e. The third kappa shape index (κ3) is 5.95. The summed E-state index contributed by atoms with van der Waals surface area (Å²) in [7, 11) is 0. The number of hydrogen-bond donors (Lipinski definition) is 3. The van der Waals surface area contributed by atoms with E-state index in [4.69, 9.17) is 4.74 Å². The highest BCUT2D eigenvalue weighted by atomic mass is 16.5. The Morgan fingerprint density at radius 3 is 2.61 bits per heavy atom. The lowest BCUT2D eigenvalue weighted by Crippen LogP contribution is -2.48. The van der Waals surface area contributed by atoms with Crippen LogP contribution in [0.4, 0.5) is 0 Å². The highest BCUT2D eigenvalue weighted by Crippen LogP contribution is 2.23. The Balaban J connectivity index is 1.76. The first-order valence-corrected chi connectivity index (χ1v) is 8.57.